The van der Waals surface area contributed by atoms with Gasteiger partial charge in [-0.05, 0) is 42.0 Å². The van der Waals surface area contributed by atoms with Gasteiger partial charge in [0.15, 0.2) is 5.76 Å². The number of amides is 2. The van der Waals surface area contributed by atoms with Crippen LogP contribution in [0.25, 0.3) is 0 Å². The normalized spacial score (nSPS) is 10.4. The van der Waals surface area contributed by atoms with Gasteiger partial charge < -0.3 is 15.1 Å². The predicted molar refractivity (Wildman–Crippen MR) is 88.6 cm³/mol. The minimum Gasteiger partial charge on any atom is -0.459 e. The largest absolute Gasteiger partial charge is 0.459 e. The number of hydrogen-bond donors (Lipinski definition) is 2. The van der Waals surface area contributed by atoms with E-state index in [1.165, 1.54) is 18.4 Å². The van der Waals surface area contributed by atoms with Crippen molar-refractivity contribution < 1.29 is 18.4 Å². The zero-order chi connectivity index (χ0) is 16.9. The topological polar surface area (TPSA) is 71.3 Å². The molecular weight excluding hydrogens is 331 g/mol. The van der Waals surface area contributed by atoms with Crippen LogP contribution in [0.1, 0.15) is 25.8 Å². The van der Waals surface area contributed by atoms with Gasteiger partial charge in [0.25, 0.3) is 11.8 Å². The molecule has 0 unspecified atom stereocenters. The zero-order valence-corrected chi connectivity index (χ0v) is 13.2. The molecule has 0 bridgehead atoms. The lowest BCUT2D eigenvalue weighted by Gasteiger charge is -2.03. The molecule has 7 heteroatoms. The van der Waals surface area contributed by atoms with E-state index in [9.17, 15) is 14.0 Å². The Labute approximate surface area is 141 Å². The third kappa shape index (κ3) is 3.88. The highest BCUT2D eigenvalue weighted by atomic mass is 32.1. The fraction of sp³-hybridized carbons (Fsp3) is 0.0588. The molecule has 0 aliphatic carbocycles. The van der Waals surface area contributed by atoms with Crippen LogP contribution < -0.4 is 10.6 Å². The number of thiophene rings is 1. The lowest BCUT2D eigenvalue weighted by atomic mass is 10.2. The molecule has 122 valence electrons. The maximum Gasteiger partial charge on any atom is 0.291 e. The summed E-state index contributed by atoms with van der Waals surface area (Å²) in [7, 11) is 0. The average molecular weight is 344 g/mol. The number of nitrogens with one attached hydrogen (secondary N) is 2. The van der Waals surface area contributed by atoms with Crippen molar-refractivity contribution in [3.63, 3.8) is 0 Å². The number of carbonyl (C=O) groups excluding carboxylic acids is 2. The average Bonchev–Trinajstić information content (AvgIpc) is 3.26. The van der Waals surface area contributed by atoms with Crippen molar-refractivity contribution >= 4 is 28.2 Å². The van der Waals surface area contributed by atoms with E-state index in [-0.39, 0.29) is 23.4 Å². The monoisotopic (exact) mass is 344 g/mol. The Morgan fingerprint density at radius 1 is 1.04 bits per heavy atom. The minimum atomic E-state index is -0.375. The van der Waals surface area contributed by atoms with Crippen LogP contribution in [0.4, 0.5) is 9.39 Å². The van der Waals surface area contributed by atoms with Crippen molar-refractivity contribution in [2.24, 2.45) is 0 Å². The van der Waals surface area contributed by atoms with Gasteiger partial charge >= 0.3 is 0 Å². The molecule has 24 heavy (non-hydrogen) atoms. The Morgan fingerprint density at radius 3 is 2.54 bits per heavy atom. The molecule has 0 aliphatic heterocycles. The summed E-state index contributed by atoms with van der Waals surface area (Å²) in [5.74, 6) is -0.756. The molecule has 3 aromatic rings. The third-order valence-corrected chi connectivity index (χ3v) is 4.18. The summed E-state index contributed by atoms with van der Waals surface area (Å²) in [6.45, 7) is 0.297. The summed E-state index contributed by atoms with van der Waals surface area (Å²) in [5, 5.41) is 5.96. The molecule has 2 heterocycles. The third-order valence-electron chi connectivity index (χ3n) is 3.18. The number of carbonyl (C=O) groups is 2. The first-order valence-corrected chi connectivity index (χ1v) is 7.91. The number of hydrogen-bond acceptors (Lipinski definition) is 4. The Bertz CT molecular complexity index is 841. The summed E-state index contributed by atoms with van der Waals surface area (Å²) in [5.41, 5.74) is 0.799. The molecule has 0 fully saturated rings. The molecule has 3 rings (SSSR count). The van der Waals surface area contributed by atoms with E-state index in [2.05, 4.69) is 10.6 Å². The van der Waals surface area contributed by atoms with E-state index in [4.69, 9.17) is 4.42 Å². The Balaban J connectivity index is 1.57. The highest BCUT2D eigenvalue weighted by Crippen LogP contribution is 2.22. The summed E-state index contributed by atoms with van der Waals surface area (Å²) in [6.07, 6.45) is 1.41. The van der Waals surface area contributed by atoms with Gasteiger partial charge in [-0.1, -0.05) is 12.1 Å². The van der Waals surface area contributed by atoms with Crippen LogP contribution in [0.5, 0.6) is 0 Å². The van der Waals surface area contributed by atoms with Crippen LogP contribution in [-0.2, 0) is 6.54 Å². The van der Waals surface area contributed by atoms with Gasteiger partial charge in [-0.25, -0.2) is 4.39 Å². The smallest absolute Gasteiger partial charge is 0.291 e. The van der Waals surface area contributed by atoms with E-state index in [0.29, 0.717) is 16.4 Å². The van der Waals surface area contributed by atoms with Crippen LogP contribution in [0.2, 0.25) is 0 Å². The quantitative estimate of drug-likeness (QED) is 0.742. The first kappa shape index (κ1) is 15.9. The van der Waals surface area contributed by atoms with Gasteiger partial charge in [-0.2, -0.15) is 0 Å². The molecular formula is C17H13FN2O3S. The molecule has 0 saturated carbocycles. The van der Waals surface area contributed by atoms with Crippen molar-refractivity contribution in [3.8, 4) is 0 Å². The highest BCUT2D eigenvalue weighted by Gasteiger charge is 2.13. The molecule has 0 atom stereocenters. The van der Waals surface area contributed by atoms with Crippen molar-refractivity contribution in [2.45, 2.75) is 6.54 Å². The molecule has 0 aliphatic rings. The van der Waals surface area contributed by atoms with Crippen LogP contribution in [0.15, 0.2) is 59.2 Å². The van der Waals surface area contributed by atoms with E-state index in [0.717, 1.165) is 16.9 Å². The van der Waals surface area contributed by atoms with Crippen LogP contribution >= 0.6 is 11.3 Å². The summed E-state index contributed by atoms with van der Waals surface area (Å²) in [6, 6.07) is 12.4. The Morgan fingerprint density at radius 2 is 1.83 bits per heavy atom. The SMILES string of the molecule is O=C(Nc1ccc(C(=O)NCc2ccc(F)cc2)s1)c1ccco1. The van der Waals surface area contributed by atoms with E-state index >= 15 is 0 Å². The zero-order valence-electron chi connectivity index (χ0n) is 12.4. The van der Waals surface area contributed by atoms with Crippen LogP contribution in [0.3, 0.4) is 0 Å². The van der Waals surface area contributed by atoms with Gasteiger partial charge in [0.1, 0.15) is 5.82 Å². The molecule has 2 N–H and O–H groups in total. The maximum atomic E-state index is 12.8. The fourth-order valence-electron chi connectivity index (χ4n) is 1.98. The second kappa shape index (κ2) is 7.10. The van der Waals surface area contributed by atoms with Crippen molar-refractivity contribution in [2.75, 3.05) is 5.32 Å². The highest BCUT2D eigenvalue weighted by molar-refractivity contribution is 7.18. The molecule has 0 spiro atoms. The first-order chi connectivity index (χ1) is 11.6. The van der Waals surface area contributed by atoms with Gasteiger partial charge in [-0.15, -0.1) is 11.3 Å². The summed E-state index contributed by atoms with van der Waals surface area (Å²) >= 11 is 1.16. The number of anilines is 1. The summed E-state index contributed by atoms with van der Waals surface area (Å²) < 4.78 is 17.8. The van der Waals surface area contributed by atoms with E-state index < -0.39 is 0 Å². The van der Waals surface area contributed by atoms with Crippen molar-refractivity contribution in [1.29, 1.82) is 0 Å². The molecule has 0 saturated heterocycles. The minimum absolute atomic E-state index is 0.200. The van der Waals surface area contributed by atoms with Gasteiger partial charge in [0.05, 0.1) is 16.1 Å². The fourth-order valence-corrected chi connectivity index (χ4v) is 2.80. The van der Waals surface area contributed by atoms with Crippen molar-refractivity contribution in [1.82, 2.24) is 5.32 Å². The second-order valence-electron chi connectivity index (χ2n) is 4.90. The van der Waals surface area contributed by atoms with Gasteiger partial charge in [-0.3, -0.25) is 9.59 Å². The molecule has 5 nitrogen and oxygen atoms in total. The summed E-state index contributed by atoms with van der Waals surface area (Å²) in [4.78, 5) is 24.4. The van der Waals surface area contributed by atoms with Crippen molar-refractivity contribution in [3.05, 3.63) is 76.8 Å². The van der Waals surface area contributed by atoms with Gasteiger partial charge in [0, 0.05) is 6.54 Å². The van der Waals surface area contributed by atoms with Gasteiger partial charge in [0.2, 0.25) is 0 Å². The molecule has 2 amide bonds. The lowest BCUT2D eigenvalue weighted by Crippen LogP contribution is -2.21. The van der Waals surface area contributed by atoms with E-state index in [1.54, 1.807) is 36.4 Å². The van der Waals surface area contributed by atoms with Crippen LogP contribution in [-0.4, -0.2) is 11.8 Å². The number of furan rings is 1. The number of benzene rings is 1. The maximum absolute atomic E-state index is 12.8. The molecule has 2 aromatic heterocycles. The Hall–Kier alpha value is -2.93. The molecule has 0 radical (unpaired) electrons. The van der Waals surface area contributed by atoms with E-state index in [1.807, 2.05) is 0 Å². The number of rotatable bonds is 5. The predicted octanol–water partition coefficient (Wildman–Crippen LogP) is 3.66. The number of halogens is 1. The Kier molecular flexibility index (Phi) is 4.72. The van der Waals surface area contributed by atoms with Crippen LogP contribution in [0, 0.1) is 5.82 Å². The first-order valence-electron chi connectivity index (χ1n) is 7.09. The lowest BCUT2D eigenvalue weighted by molar-refractivity contribution is 0.0953. The standard InChI is InChI=1S/C17H13FN2O3S/c18-12-5-3-11(4-6-12)10-19-17(22)14-7-8-15(24-14)20-16(21)13-2-1-9-23-13/h1-9H,10H2,(H,19,22)(H,20,21). The molecule has 1 aromatic carbocycles. The second-order valence-corrected chi connectivity index (χ2v) is 5.99.